The van der Waals surface area contributed by atoms with Crippen LogP contribution in [0.25, 0.3) is 10.9 Å². The predicted octanol–water partition coefficient (Wildman–Crippen LogP) is 3.24. The smallest absolute Gasteiger partial charge is 0.0483 e. The van der Waals surface area contributed by atoms with Crippen LogP contribution in [0.2, 0.25) is 0 Å². The van der Waals surface area contributed by atoms with Gasteiger partial charge in [0, 0.05) is 29.2 Å². The Hall–Kier alpha value is -1.28. The van der Waals surface area contributed by atoms with Gasteiger partial charge in [-0.3, -0.25) is 0 Å². The fourth-order valence-electron chi connectivity index (χ4n) is 2.65. The first kappa shape index (κ1) is 12.2. The molecular formula is C15H22N2. The van der Waals surface area contributed by atoms with Crippen molar-refractivity contribution in [1.29, 1.82) is 0 Å². The largest absolute Gasteiger partial charge is 0.348 e. The summed E-state index contributed by atoms with van der Waals surface area (Å²) in [5, 5.41) is 1.30. The number of hydrogen-bond donors (Lipinski definition) is 1. The van der Waals surface area contributed by atoms with E-state index in [-0.39, 0.29) is 5.54 Å². The van der Waals surface area contributed by atoms with Gasteiger partial charge in [0.1, 0.15) is 0 Å². The molecule has 2 N–H and O–H groups in total. The summed E-state index contributed by atoms with van der Waals surface area (Å²) in [6, 6.07) is 6.69. The number of nitrogens with zero attached hydrogens (tertiary/aromatic N) is 1. The Bertz CT molecular complexity index is 556. The molecule has 92 valence electrons. The molecule has 0 aliphatic carbocycles. The Labute approximate surface area is 103 Å². The van der Waals surface area contributed by atoms with Crippen molar-refractivity contribution in [1.82, 2.24) is 4.57 Å². The molecule has 0 aliphatic heterocycles. The summed E-state index contributed by atoms with van der Waals surface area (Å²) >= 11 is 0. The van der Waals surface area contributed by atoms with E-state index in [9.17, 15) is 0 Å². The van der Waals surface area contributed by atoms with Gasteiger partial charge in [-0.1, -0.05) is 13.0 Å². The molecule has 2 rings (SSSR count). The maximum absolute atomic E-state index is 6.32. The van der Waals surface area contributed by atoms with Gasteiger partial charge < -0.3 is 10.3 Å². The molecule has 1 aromatic carbocycles. The number of hydrogen-bond acceptors (Lipinski definition) is 1. The summed E-state index contributed by atoms with van der Waals surface area (Å²) in [6.45, 7) is 8.49. The topological polar surface area (TPSA) is 30.9 Å². The first-order valence-corrected chi connectivity index (χ1v) is 6.23. The molecule has 0 aliphatic rings. The van der Waals surface area contributed by atoms with Crippen LogP contribution in [0.5, 0.6) is 0 Å². The molecule has 2 nitrogen and oxygen atoms in total. The second kappa shape index (κ2) is 3.88. The van der Waals surface area contributed by atoms with E-state index in [1.165, 1.54) is 27.7 Å². The molecule has 0 amide bonds. The SMILES string of the molecule is CCc1ccc2c(c1)c(C(C)(C)N)c(C)n2C. The molecule has 0 unspecified atom stereocenters. The van der Waals surface area contributed by atoms with Crippen molar-refractivity contribution in [3.05, 3.63) is 35.0 Å². The fourth-order valence-corrected chi connectivity index (χ4v) is 2.65. The Morgan fingerprint density at radius 3 is 2.47 bits per heavy atom. The fraction of sp³-hybridized carbons (Fsp3) is 0.467. The third-order valence-electron chi connectivity index (χ3n) is 3.61. The Balaban J connectivity index is 2.85. The number of aryl methyl sites for hydroxylation is 2. The van der Waals surface area contributed by atoms with Gasteiger partial charge in [0.15, 0.2) is 0 Å². The monoisotopic (exact) mass is 230 g/mol. The second-order valence-corrected chi connectivity index (χ2v) is 5.45. The van der Waals surface area contributed by atoms with Gasteiger partial charge >= 0.3 is 0 Å². The lowest BCUT2D eigenvalue weighted by molar-refractivity contribution is 0.552. The summed E-state index contributed by atoms with van der Waals surface area (Å²) in [6.07, 6.45) is 1.06. The molecule has 0 bridgehead atoms. The third kappa shape index (κ3) is 1.87. The van der Waals surface area contributed by atoms with Crippen molar-refractivity contribution < 1.29 is 0 Å². The lowest BCUT2D eigenvalue weighted by atomic mass is 9.92. The third-order valence-corrected chi connectivity index (χ3v) is 3.61. The van der Waals surface area contributed by atoms with Crippen molar-refractivity contribution >= 4 is 10.9 Å². The zero-order valence-corrected chi connectivity index (χ0v) is 11.5. The first-order chi connectivity index (χ1) is 7.86. The van der Waals surface area contributed by atoms with E-state index >= 15 is 0 Å². The first-order valence-electron chi connectivity index (χ1n) is 6.23. The van der Waals surface area contributed by atoms with Crippen molar-refractivity contribution in [2.24, 2.45) is 12.8 Å². The highest BCUT2D eigenvalue weighted by Crippen LogP contribution is 2.32. The molecule has 2 aromatic rings. The van der Waals surface area contributed by atoms with Gasteiger partial charge in [-0.2, -0.15) is 0 Å². The van der Waals surface area contributed by atoms with Gasteiger partial charge in [-0.15, -0.1) is 0 Å². The lowest BCUT2D eigenvalue weighted by Crippen LogP contribution is -2.29. The van der Waals surface area contributed by atoms with Crippen LogP contribution in [-0.2, 0) is 19.0 Å². The number of fused-ring (bicyclic) bond motifs is 1. The van der Waals surface area contributed by atoms with Gasteiger partial charge in [-0.25, -0.2) is 0 Å². The summed E-state index contributed by atoms with van der Waals surface area (Å²) in [4.78, 5) is 0. The van der Waals surface area contributed by atoms with Crippen molar-refractivity contribution in [3.8, 4) is 0 Å². The predicted molar refractivity (Wildman–Crippen MR) is 74.2 cm³/mol. The zero-order chi connectivity index (χ0) is 12.8. The molecule has 2 heteroatoms. The number of aromatic nitrogens is 1. The number of benzene rings is 1. The summed E-state index contributed by atoms with van der Waals surface area (Å²) in [7, 11) is 2.11. The van der Waals surface area contributed by atoms with Crippen LogP contribution in [0.3, 0.4) is 0 Å². The minimum Gasteiger partial charge on any atom is -0.348 e. The van der Waals surface area contributed by atoms with Crippen LogP contribution >= 0.6 is 0 Å². The number of rotatable bonds is 2. The molecule has 0 fully saturated rings. The molecule has 1 aromatic heterocycles. The van der Waals surface area contributed by atoms with E-state index in [2.05, 4.69) is 57.5 Å². The molecule has 17 heavy (non-hydrogen) atoms. The van der Waals surface area contributed by atoms with E-state index in [4.69, 9.17) is 5.73 Å². The van der Waals surface area contributed by atoms with E-state index in [0.717, 1.165) is 6.42 Å². The van der Waals surface area contributed by atoms with E-state index in [1.807, 2.05) is 0 Å². The normalized spacial score (nSPS) is 12.4. The summed E-state index contributed by atoms with van der Waals surface area (Å²) < 4.78 is 2.23. The highest BCUT2D eigenvalue weighted by molar-refractivity contribution is 5.87. The van der Waals surface area contributed by atoms with Gasteiger partial charge in [0.25, 0.3) is 0 Å². The highest BCUT2D eigenvalue weighted by atomic mass is 15.0. The zero-order valence-electron chi connectivity index (χ0n) is 11.5. The van der Waals surface area contributed by atoms with Crippen LogP contribution in [-0.4, -0.2) is 4.57 Å². The van der Waals surface area contributed by atoms with Gasteiger partial charge in [0.2, 0.25) is 0 Å². The Morgan fingerprint density at radius 1 is 1.29 bits per heavy atom. The molecule has 0 atom stereocenters. The molecule has 0 spiro atoms. The van der Waals surface area contributed by atoms with Crippen molar-refractivity contribution in [3.63, 3.8) is 0 Å². The number of nitrogens with two attached hydrogens (primary N) is 1. The quantitative estimate of drug-likeness (QED) is 0.843. The minimum atomic E-state index is -0.296. The highest BCUT2D eigenvalue weighted by Gasteiger charge is 2.23. The minimum absolute atomic E-state index is 0.296. The van der Waals surface area contributed by atoms with Crippen LogP contribution in [0.4, 0.5) is 0 Å². The van der Waals surface area contributed by atoms with E-state index in [0.29, 0.717) is 0 Å². The lowest BCUT2D eigenvalue weighted by Gasteiger charge is -2.20. The standard InChI is InChI=1S/C15H22N2/c1-6-11-7-8-13-12(9-11)14(15(3,4)16)10(2)17(13)5/h7-9H,6,16H2,1-5H3. The van der Waals surface area contributed by atoms with Gasteiger partial charge in [-0.05, 0) is 50.5 Å². The van der Waals surface area contributed by atoms with Crippen molar-refractivity contribution in [2.75, 3.05) is 0 Å². The molecule has 1 heterocycles. The molecule has 0 saturated heterocycles. The summed E-state index contributed by atoms with van der Waals surface area (Å²) in [5.74, 6) is 0. The van der Waals surface area contributed by atoms with Crippen LogP contribution in [0.15, 0.2) is 18.2 Å². The van der Waals surface area contributed by atoms with E-state index < -0.39 is 0 Å². The maximum Gasteiger partial charge on any atom is 0.0483 e. The Kier molecular flexibility index (Phi) is 2.78. The average molecular weight is 230 g/mol. The second-order valence-electron chi connectivity index (χ2n) is 5.45. The Morgan fingerprint density at radius 2 is 1.94 bits per heavy atom. The van der Waals surface area contributed by atoms with Crippen LogP contribution < -0.4 is 5.73 Å². The van der Waals surface area contributed by atoms with Crippen molar-refractivity contribution in [2.45, 2.75) is 39.7 Å². The average Bonchev–Trinajstić information content (AvgIpc) is 2.50. The maximum atomic E-state index is 6.32. The summed E-state index contributed by atoms with van der Waals surface area (Å²) in [5.41, 5.74) is 11.2. The molecule has 0 radical (unpaired) electrons. The van der Waals surface area contributed by atoms with E-state index in [1.54, 1.807) is 0 Å². The van der Waals surface area contributed by atoms with Gasteiger partial charge in [0.05, 0.1) is 0 Å². The molecular weight excluding hydrogens is 208 g/mol. The van der Waals surface area contributed by atoms with Crippen LogP contribution in [0.1, 0.15) is 37.6 Å². The van der Waals surface area contributed by atoms with Crippen LogP contribution in [0, 0.1) is 6.92 Å². The molecule has 0 saturated carbocycles.